The number of benzene rings is 4. The van der Waals surface area contributed by atoms with Crippen molar-refractivity contribution >= 4 is 40.3 Å². The third-order valence-corrected chi connectivity index (χ3v) is 10.3. The molecular weight excluding hydrogens is 585 g/mol. The van der Waals surface area contributed by atoms with Crippen molar-refractivity contribution in [1.82, 2.24) is 9.13 Å². The molecule has 0 radical (unpaired) electrons. The summed E-state index contributed by atoms with van der Waals surface area (Å²) in [6, 6.07) is 41.0. The van der Waals surface area contributed by atoms with Gasteiger partial charge in [-0.25, -0.2) is 0 Å². The molecule has 0 saturated heterocycles. The maximum atomic E-state index is 9.83. The third kappa shape index (κ3) is 4.34. The van der Waals surface area contributed by atoms with Gasteiger partial charge in [0.05, 0.1) is 34.3 Å². The highest BCUT2D eigenvalue weighted by Gasteiger charge is 2.26. The van der Waals surface area contributed by atoms with E-state index in [-0.39, 0.29) is 0 Å². The number of nitriles is 2. The van der Waals surface area contributed by atoms with Crippen molar-refractivity contribution in [2.24, 2.45) is 0 Å². The second kappa shape index (κ2) is 11.3. The van der Waals surface area contributed by atoms with Crippen LogP contribution in [0, 0.1) is 22.7 Å². The summed E-state index contributed by atoms with van der Waals surface area (Å²) in [5.74, 6) is 0. The van der Waals surface area contributed by atoms with Crippen molar-refractivity contribution in [2.45, 2.75) is 38.5 Å². The minimum atomic E-state index is 0.664. The molecule has 48 heavy (non-hydrogen) atoms. The molecule has 4 aromatic carbocycles. The third-order valence-electron chi connectivity index (χ3n) is 10.3. The number of fused-ring (bicyclic) bond motifs is 6. The van der Waals surface area contributed by atoms with Crippen LogP contribution in [0.2, 0.25) is 0 Å². The molecule has 2 aromatic heterocycles. The van der Waals surface area contributed by atoms with Crippen LogP contribution in [-0.4, -0.2) is 9.13 Å². The van der Waals surface area contributed by atoms with Gasteiger partial charge in [-0.3, -0.25) is 0 Å². The molecule has 0 spiro atoms. The van der Waals surface area contributed by atoms with Crippen LogP contribution in [-0.2, 0) is 12.8 Å². The molecule has 2 heterocycles. The Bertz CT molecular complexity index is 2560. The van der Waals surface area contributed by atoms with Gasteiger partial charge in [0.25, 0.3) is 0 Å². The number of aromatic nitrogens is 2. The van der Waals surface area contributed by atoms with Crippen LogP contribution >= 0.6 is 0 Å². The average Bonchev–Trinajstić information content (AvgIpc) is 3.67. The first-order chi connectivity index (χ1) is 23.7. The van der Waals surface area contributed by atoms with E-state index in [0.717, 1.165) is 49.8 Å². The Balaban J connectivity index is 1.29. The molecule has 3 aliphatic carbocycles. The molecule has 6 aromatic rings. The first-order valence-electron chi connectivity index (χ1n) is 16.8. The van der Waals surface area contributed by atoms with E-state index in [1.54, 1.807) is 0 Å². The Morgan fingerprint density at radius 2 is 1.35 bits per heavy atom. The van der Waals surface area contributed by atoms with Crippen molar-refractivity contribution in [3.8, 4) is 23.5 Å². The van der Waals surface area contributed by atoms with Crippen LogP contribution in [0.4, 0.5) is 0 Å². The van der Waals surface area contributed by atoms with Crippen molar-refractivity contribution in [2.75, 3.05) is 0 Å². The Morgan fingerprint density at radius 3 is 2.17 bits per heavy atom. The van der Waals surface area contributed by atoms with Gasteiger partial charge in [0.1, 0.15) is 0 Å². The second-order valence-corrected chi connectivity index (χ2v) is 12.9. The Hall–Kier alpha value is -6.10. The van der Waals surface area contributed by atoms with Crippen molar-refractivity contribution in [3.05, 3.63) is 158 Å². The lowest BCUT2D eigenvalue weighted by Crippen LogP contribution is -2.34. The van der Waals surface area contributed by atoms with Gasteiger partial charge >= 0.3 is 0 Å². The SMILES string of the molecule is N#CC1=Cc2c(n(-c3ccccc3)c3c2=CCCC=3c2ccccc2C2=Cc3c(c4ccccc4n3-c3ccc(C#N)cc3)CC2)CC1. The summed E-state index contributed by atoms with van der Waals surface area (Å²) in [4.78, 5) is 0. The molecule has 0 atom stereocenters. The molecule has 0 aliphatic heterocycles. The second-order valence-electron chi connectivity index (χ2n) is 12.9. The lowest BCUT2D eigenvalue weighted by molar-refractivity contribution is 0.841. The summed E-state index contributed by atoms with van der Waals surface area (Å²) < 4.78 is 4.84. The smallest absolute Gasteiger partial charge is 0.0991 e. The molecule has 4 heteroatoms. The summed E-state index contributed by atoms with van der Waals surface area (Å²) in [7, 11) is 0. The van der Waals surface area contributed by atoms with Crippen molar-refractivity contribution in [3.63, 3.8) is 0 Å². The number of nitrogens with zero attached hydrogens (tertiary/aromatic N) is 4. The van der Waals surface area contributed by atoms with Crippen LogP contribution in [0.25, 0.3) is 51.7 Å². The minimum absolute atomic E-state index is 0.664. The zero-order valence-corrected chi connectivity index (χ0v) is 26.6. The molecule has 0 saturated carbocycles. The number of allylic oxidation sites excluding steroid dienone is 2. The maximum Gasteiger partial charge on any atom is 0.0991 e. The molecule has 0 amide bonds. The summed E-state index contributed by atoms with van der Waals surface area (Å²) >= 11 is 0. The monoisotopic (exact) mass is 616 g/mol. The van der Waals surface area contributed by atoms with Crippen LogP contribution in [0.1, 0.15) is 64.9 Å². The van der Waals surface area contributed by atoms with Gasteiger partial charge in [0.15, 0.2) is 0 Å². The molecule has 0 N–H and O–H groups in total. The summed E-state index contributed by atoms with van der Waals surface area (Å²) in [5.41, 5.74) is 15.3. The van der Waals surface area contributed by atoms with Crippen molar-refractivity contribution < 1.29 is 0 Å². The maximum absolute atomic E-state index is 9.83. The minimum Gasteiger partial charge on any atom is -0.313 e. The van der Waals surface area contributed by atoms with Crippen LogP contribution in [0.3, 0.4) is 0 Å². The highest BCUT2D eigenvalue weighted by Crippen LogP contribution is 2.40. The molecule has 0 fully saturated rings. The molecule has 3 aliphatic rings. The summed E-state index contributed by atoms with van der Waals surface area (Å²) in [6.07, 6.45) is 12.4. The van der Waals surface area contributed by atoms with E-state index in [1.165, 1.54) is 71.9 Å². The molecule has 0 unspecified atom stereocenters. The molecular formula is C44H32N4. The normalized spacial score (nSPS) is 14.9. The van der Waals surface area contributed by atoms with E-state index >= 15 is 0 Å². The van der Waals surface area contributed by atoms with E-state index in [9.17, 15) is 10.5 Å². The van der Waals surface area contributed by atoms with E-state index in [2.05, 4.69) is 130 Å². The lowest BCUT2D eigenvalue weighted by Gasteiger charge is -2.22. The van der Waals surface area contributed by atoms with Gasteiger partial charge in [-0.2, -0.15) is 10.5 Å². The summed E-state index contributed by atoms with van der Waals surface area (Å²) in [6.45, 7) is 0. The fourth-order valence-electron chi connectivity index (χ4n) is 8.20. The predicted molar refractivity (Wildman–Crippen MR) is 194 cm³/mol. The number of rotatable bonds is 4. The zero-order valence-electron chi connectivity index (χ0n) is 26.6. The van der Waals surface area contributed by atoms with E-state index in [0.29, 0.717) is 5.56 Å². The van der Waals surface area contributed by atoms with Crippen molar-refractivity contribution in [1.29, 1.82) is 10.5 Å². The standard InChI is InChI=1S/C44H32N4/c45-27-29-17-21-33(22-18-29)47-41-16-7-6-13-36(41)37-23-20-31(26-43(37)47)34-11-4-5-12-35(34)38-14-8-15-39-40-25-30(28-46)19-24-42(40)48(44(38)39)32-9-2-1-3-10-32/h1-7,9-13,15-18,21-22,25-26H,8,14,19-20,23-24H2. The van der Waals surface area contributed by atoms with Gasteiger partial charge in [-0.05, 0) is 121 Å². The largest absolute Gasteiger partial charge is 0.313 e. The van der Waals surface area contributed by atoms with Gasteiger partial charge < -0.3 is 9.13 Å². The molecule has 9 rings (SSSR count). The Kier molecular flexibility index (Phi) is 6.63. The van der Waals surface area contributed by atoms with E-state index < -0.39 is 0 Å². The average molecular weight is 617 g/mol. The number of hydrogen-bond donors (Lipinski definition) is 0. The first kappa shape index (κ1) is 28.1. The Labute approximate surface area is 279 Å². The fourth-order valence-corrected chi connectivity index (χ4v) is 8.20. The number of hydrogen-bond acceptors (Lipinski definition) is 2. The van der Waals surface area contributed by atoms with Crippen LogP contribution in [0.5, 0.6) is 0 Å². The highest BCUT2D eigenvalue weighted by atomic mass is 15.0. The topological polar surface area (TPSA) is 57.4 Å². The van der Waals surface area contributed by atoms with Gasteiger partial charge in [0, 0.05) is 38.8 Å². The lowest BCUT2D eigenvalue weighted by atomic mass is 9.85. The molecule has 228 valence electrons. The van der Waals surface area contributed by atoms with E-state index in [4.69, 9.17) is 0 Å². The zero-order chi connectivity index (χ0) is 32.2. The predicted octanol–water partition coefficient (Wildman–Crippen LogP) is 8.41. The van der Waals surface area contributed by atoms with Crippen LogP contribution < -0.4 is 10.6 Å². The number of aryl methyl sites for hydroxylation is 1. The van der Waals surface area contributed by atoms with Crippen LogP contribution in [0.15, 0.2) is 109 Å². The van der Waals surface area contributed by atoms with Gasteiger partial charge in [-0.1, -0.05) is 66.7 Å². The number of para-hydroxylation sites is 2. The molecule has 0 bridgehead atoms. The van der Waals surface area contributed by atoms with Gasteiger partial charge in [0.2, 0.25) is 0 Å². The first-order valence-corrected chi connectivity index (χ1v) is 16.8. The Morgan fingerprint density at radius 1 is 0.604 bits per heavy atom. The molecule has 4 nitrogen and oxygen atoms in total. The van der Waals surface area contributed by atoms with Gasteiger partial charge in [-0.15, -0.1) is 0 Å². The highest BCUT2D eigenvalue weighted by molar-refractivity contribution is 5.97. The quantitative estimate of drug-likeness (QED) is 0.200. The van der Waals surface area contributed by atoms with E-state index in [1.807, 2.05) is 12.1 Å². The summed E-state index contributed by atoms with van der Waals surface area (Å²) in [5, 5.41) is 23.1. The fraction of sp³-hybridized carbons (Fsp3) is 0.136.